The molecule has 0 saturated carbocycles. The Bertz CT molecular complexity index is 894. The van der Waals surface area contributed by atoms with Gasteiger partial charge in [-0.05, 0) is 40.8 Å². The van der Waals surface area contributed by atoms with E-state index in [-0.39, 0.29) is 5.91 Å². The van der Waals surface area contributed by atoms with Gasteiger partial charge >= 0.3 is 0 Å². The summed E-state index contributed by atoms with van der Waals surface area (Å²) in [5.74, 6) is 0.818. The molecule has 1 amide bonds. The fraction of sp³-hybridized carbons (Fsp3) is 0.125. The van der Waals surface area contributed by atoms with Crippen molar-refractivity contribution in [3.05, 3.63) is 53.1 Å². The zero-order valence-electron chi connectivity index (χ0n) is 13.0. The van der Waals surface area contributed by atoms with Crippen LogP contribution in [0.15, 0.2) is 42.5 Å². The van der Waals surface area contributed by atoms with Gasteiger partial charge in [-0.25, -0.2) is 4.68 Å². The van der Waals surface area contributed by atoms with Crippen LogP contribution in [0.1, 0.15) is 10.4 Å². The number of carbonyl (C=O) groups is 1. The van der Waals surface area contributed by atoms with Gasteiger partial charge in [-0.2, -0.15) is 0 Å². The predicted molar refractivity (Wildman–Crippen MR) is 90.2 cm³/mol. The fourth-order valence-corrected chi connectivity index (χ4v) is 2.42. The van der Waals surface area contributed by atoms with Crippen LogP contribution in [0.3, 0.4) is 0 Å². The number of hydrogen-bond acceptors (Lipinski definition) is 5. The highest BCUT2D eigenvalue weighted by Gasteiger charge is 2.13. The summed E-state index contributed by atoms with van der Waals surface area (Å²) in [6.07, 6.45) is 0. The normalized spacial score (nSPS) is 10.5. The number of carbonyl (C=O) groups excluding carboxylic acids is 1. The average molecular weight is 344 g/mol. The molecule has 122 valence electrons. The van der Waals surface area contributed by atoms with Crippen LogP contribution < -0.4 is 10.1 Å². The molecule has 0 aliphatic carbocycles. The van der Waals surface area contributed by atoms with Crippen molar-refractivity contribution in [3.8, 4) is 17.1 Å². The SMILES string of the molecule is COc1ccc(Cl)cc1NC(=O)c1cccc(-c2nnnn2C)c1. The zero-order valence-corrected chi connectivity index (χ0v) is 13.8. The number of anilines is 1. The van der Waals surface area contributed by atoms with Gasteiger partial charge in [0.15, 0.2) is 5.82 Å². The Kier molecular flexibility index (Phi) is 4.43. The number of rotatable bonds is 4. The lowest BCUT2D eigenvalue weighted by Gasteiger charge is -2.11. The lowest BCUT2D eigenvalue weighted by Crippen LogP contribution is -2.13. The van der Waals surface area contributed by atoms with E-state index >= 15 is 0 Å². The van der Waals surface area contributed by atoms with Gasteiger partial charge in [0, 0.05) is 23.2 Å². The highest BCUT2D eigenvalue weighted by molar-refractivity contribution is 6.31. The minimum atomic E-state index is -0.285. The first kappa shape index (κ1) is 15.9. The van der Waals surface area contributed by atoms with E-state index in [1.807, 2.05) is 6.07 Å². The van der Waals surface area contributed by atoms with Crippen molar-refractivity contribution < 1.29 is 9.53 Å². The largest absolute Gasteiger partial charge is 0.495 e. The molecule has 0 spiro atoms. The number of methoxy groups -OCH3 is 1. The summed E-state index contributed by atoms with van der Waals surface area (Å²) in [5, 5.41) is 14.6. The summed E-state index contributed by atoms with van der Waals surface area (Å²) < 4.78 is 6.77. The third-order valence-corrected chi connectivity index (χ3v) is 3.65. The van der Waals surface area contributed by atoms with Gasteiger partial charge < -0.3 is 10.1 Å². The van der Waals surface area contributed by atoms with Gasteiger partial charge in [0.25, 0.3) is 5.91 Å². The number of amides is 1. The van der Waals surface area contributed by atoms with Crippen LogP contribution in [0.2, 0.25) is 5.02 Å². The lowest BCUT2D eigenvalue weighted by molar-refractivity contribution is 0.102. The smallest absolute Gasteiger partial charge is 0.255 e. The molecule has 0 unspecified atom stereocenters. The first-order chi connectivity index (χ1) is 11.6. The number of nitrogens with zero attached hydrogens (tertiary/aromatic N) is 4. The standard InChI is InChI=1S/C16H14ClN5O2/c1-22-15(19-20-21-22)10-4-3-5-11(8-10)16(23)18-13-9-12(17)6-7-14(13)24-2/h3-9H,1-2H3,(H,18,23). The van der Waals surface area contributed by atoms with Crippen LogP contribution in [0, 0.1) is 0 Å². The minimum absolute atomic E-state index is 0.285. The van der Waals surface area contributed by atoms with Crippen molar-refractivity contribution >= 4 is 23.2 Å². The first-order valence-electron chi connectivity index (χ1n) is 7.06. The Hall–Kier alpha value is -2.93. The minimum Gasteiger partial charge on any atom is -0.495 e. The molecule has 3 aromatic rings. The van der Waals surface area contributed by atoms with Crippen molar-refractivity contribution in [3.63, 3.8) is 0 Å². The summed E-state index contributed by atoms with van der Waals surface area (Å²) >= 11 is 5.98. The van der Waals surface area contributed by atoms with E-state index in [9.17, 15) is 4.79 Å². The molecule has 2 aromatic carbocycles. The molecule has 0 saturated heterocycles. The number of aryl methyl sites for hydroxylation is 1. The molecule has 0 bridgehead atoms. The number of tetrazole rings is 1. The number of nitrogens with one attached hydrogen (secondary N) is 1. The van der Waals surface area contributed by atoms with E-state index in [2.05, 4.69) is 20.8 Å². The Labute approximate surface area is 143 Å². The molecular formula is C16H14ClN5O2. The highest BCUT2D eigenvalue weighted by Crippen LogP contribution is 2.28. The van der Waals surface area contributed by atoms with E-state index in [1.54, 1.807) is 43.4 Å². The van der Waals surface area contributed by atoms with E-state index in [4.69, 9.17) is 16.3 Å². The summed E-state index contributed by atoms with van der Waals surface area (Å²) in [7, 11) is 3.26. The summed E-state index contributed by atoms with van der Waals surface area (Å²) in [4.78, 5) is 12.5. The first-order valence-corrected chi connectivity index (χ1v) is 7.44. The van der Waals surface area contributed by atoms with Crippen molar-refractivity contribution in [2.24, 2.45) is 7.05 Å². The Morgan fingerprint density at radius 1 is 1.25 bits per heavy atom. The maximum absolute atomic E-state index is 12.5. The van der Waals surface area contributed by atoms with E-state index < -0.39 is 0 Å². The van der Waals surface area contributed by atoms with Crippen molar-refractivity contribution in [1.82, 2.24) is 20.2 Å². The average Bonchev–Trinajstić information content (AvgIpc) is 3.01. The number of ether oxygens (including phenoxy) is 1. The zero-order chi connectivity index (χ0) is 17.1. The number of aromatic nitrogens is 4. The van der Waals surface area contributed by atoms with Crippen LogP contribution >= 0.6 is 11.6 Å². The Morgan fingerprint density at radius 2 is 2.08 bits per heavy atom. The van der Waals surface area contributed by atoms with Crippen molar-refractivity contribution in [2.75, 3.05) is 12.4 Å². The molecule has 0 radical (unpaired) electrons. The van der Waals surface area contributed by atoms with Gasteiger partial charge in [0.1, 0.15) is 5.75 Å². The molecule has 1 aromatic heterocycles. The lowest BCUT2D eigenvalue weighted by atomic mass is 10.1. The fourth-order valence-electron chi connectivity index (χ4n) is 2.25. The maximum atomic E-state index is 12.5. The van der Waals surface area contributed by atoms with Crippen LogP contribution in [0.5, 0.6) is 5.75 Å². The van der Waals surface area contributed by atoms with Gasteiger partial charge in [-0.15, -0.1) is 5.10 Å². The number of halogens is 1. The number of hydrogen-bond donors (Lipinski definition) is 1. The van der Waals surface area contributed by atoms with Gasteiger partial charge in [0.05, 0.1) is 12.8 Å². The molecule has 0 aliphatic heterocycles. The van der Waals surface area contributed by atoms with Crippen LogP contribution in [0.25, 0.3) is 11.4 Å². The molecule has 0 fully saturated rings. The van der Waals surface area contributed by atoms with Gasteiger partial charge in [0.2, 0.25) is 0 Å². The van der Waals surface area contributed by atoms with Gasteiger partial charge in [-0.3, -0.25) is 4.79 Å². The molecule has 1 heterocycles. The summed E-state index contributed by atoms with van der Waals surface area (Å²) in [5.41, 5.74) is 1.71. The molecule has 8 heteroatoms. The van der Waals surface area contributed by atoms with Crippen molar-refractivity contribution in [2.45, 2.75) is 0 Å². The second-order valence-electron chi connectivity index (χ2n) is 5.01. The summed E-state index contributed by atoms with van der Waals surface area (Å²) in [6.45, 7) is 0. The topological polar surface area (TPSA) is 81.9 Å². The Balaban J connectivity index is 1.89. The van der Waals surface area contributed by atoms with Gasteiger partial charge in [-0.1, -0.05) is 23.7 Å². The second-order valence-corrected chi connectivity index (χ2v) is 5.44. The van der Waals surface area contributed by atoms with Crippen molar-refractivity contribution in [1.29, 1.82) is 0 Å². The molecule has 1 N–H and O–H groups in total. The number of benzene rings is 2. The van der Waals surface area contributed by atoms with E-state index in [0.717, 1.165) is 5.56 Å². The van der Waals surface area contributed by atoms with Crippen LogP contribution in [-0.4, -0.2) is 33.2 Å². The third-order valence-electron chi connectivity index (χ3n) is 3.41. The monoisotopic (exact) mass is 343 g/mol. The molecular weight excluding hydrogens is 330 g/mol. The molecule has 7 nitrogen and oxygen atoms in total. The quantitative estimate of drug-likeness (QED) is 0.787. The molecule has 0 aliphatic rings. The molecule has 24 heavy (non-hydrogen) atoms. The maximum Gasteiger partial charge on any atom is 0.255 e. The highest BCUT2D eigenvalue weighted by atomic mass is 35.5. The van der Waals surface area contributed by atoms with Crippen LogP contribution in [-0.2, 0) is 7.05 Å². The molecule has 0 atom stereocenters. The third kappa shape index (κ3) is 3.21. The molecule has 3 rings (SSSR count). The summed E-state index contributed by atoms with van der Waals surface area (Å²) in [6, 6.07) is 12.1. The Morgan fingerprint density at radius 3 is 2.79 bits per heavy atom. The van der Waals surface area contributed by atoms with E-state index in [0.29, 0.717) is 27.8 Å². The van der Waals surface area contributed by atoms with E-state index in [1.165, 1.54) is 11.8 Å². The predicted octanol–water partition coefficient (Wildman–Crippen LogP) is 2.79. The van der Waals surface area contributed by atoms with Crippen LogP contribution in [0.4, 0.5) is 5.69 Å². The second kappa shape index (κ2) is 6.67.